The zero-order valence-electron chi connectivity index (χ0n) is 13.6. The number of anilines is 1. The maximum Gasteiger partial charge on any atom is 0.248 e. The molecule has 1 aliphatic heterocycles. The van der Waals surface area contributed by atoms with Crippen molar-refractivity contribution in [3.05, 3.63) is 47.8 Å². The highest BCUT2D eigenvalue weighted by atomic mass is 16.1. The molecule has 0 fully saturated rings. The molecule has 4 N–H and O–H groups in total. The molecule has 0 saturated carbocycles. The van der Waals surface area contributed by atoms with Crippen LogP contribution in [0.5, 0.6) is 0 Å². The number of nitrogens with zero attached hydrogens (tertiary/aromatic N) is 4. The minimum absolute atomic E-state index is 0.227. The summed E-state index contributed by atoms with van der Waals surface area (Å²) in [5, 5.41) is 4.79. The average molecular weight is 334 g/mol. The molecule has 1 aromatic carbocycles. The number of carbonyl (C=O) groups excluding carboxylic acids is 1. The van der Waals surface area contributed by atoms with Gasteiger partial charge in [0.15, 0.2) is 0 Å². The van der Waals surface area contributed by atoms with Crippen molar-refractivity contribution in [3.63, 3.8) is 0 Å². The van der Waals surface area contributed by atoms with Gasteiger partial charge in [0.25, 0.3) is 0 Å². The van der Waals surface area contributed by atoms with Gasteiger partial charge in [-0.1, -0.05) is 12.1 Å². The Kier molecular flexibility index (Phi) is 3.68. The standard InChI is InChI=1S/C18H18N6O/c19-17(25)12-5-3-4-11(10-12)16-15(13-7-8-21-18(20)22-13)14-6-1-2-9-24(14)23-16/h3-5,7-8,10H,1-2,6,9H2,(H2,19,25)(H2,20,21,22). The van der Waals surface area contributed by atoms with Gasteiger partial charge < -0.3 is 11.5 Å². The summed E-state index contributed by atoms with van der Waals surface area (Å²) in [4.78, 5) is 19.9. The predicted octanol–water partition coefficient (Wildman–Crippen LogP) is 2.02. The van der Waals surface area contributed by atoms with E-state index in [1.807, 2.05) is 22.9 Å². The van der Waals surface area contributed by atoms with Crippen LogP contribution in [0.4, 0.5) is 5.95 Å². The van der Waals surface area contributed by atoms with Crippen LogP contribution in [0.2, 0.25) is 0 Å². The van der Waals surface area contributed by atoms with E-state index in [9.17, 15) is 4.79 Å². The van der Waals surface area contributed by atoms with E-state index in [-0.39, 0.29) is 5.95 Å². The second-order valence-electron chi connectivity index (χ2n) is 6.10. The number of benzene rings is 1. The maximum absolute atomic E-state index is 11.5. The van der Waals surface area contributed by atoms with E-state index < -0.39 is 5.91 Å². The Hall–Kier alpha value is -3.22. The van der Waals surface area contributed by atoms with Gasteiger partial charge in [-0.2, -0.15) is 5.10 Å². The number of carbonyl (C=O) groups is 1. The van der Waals surface area contributed by atoms with Crippen molar-refractivity contribution in [2.24, 2.45) is 5.73 Å². The number of nitrogens with two attached hydrogens (primary N) is 2. The molecule has 0 aliphatic carbocycles. The molecule has 0 bridgehead atoms. The number of fused-ring (bicyclic) bond motifs is 1. The summed E-state index contributed by atoms with van der Waals surface area (Å²) in [6.07, 6.45) is 4.79. The third-order valence-electron chi connectivity index (χ3n) is 4.44. The largest absolute Gasteiger partial charge is 0.368 e. The van der Waals surface area contributed by atoms with Crippen molar-refractivity contribution in [2.45, 2.75) is 25.8 Å². The Morgan fingerprint density at radius 3 is 2.88 bits per heavy atom. The molecule has 0 radical (unpaired) electrons. The fraction of sp³-hybridized carbons (Fsp3) is 0.222. The zero-order chi connectivity index (χ0) is 17.4. The number of hydrogen-bond donors (Lipinski definition) is 2. The first-order valence-corrected chi connectivity index (χ1v) is 8.22. The topological polar surface area (TPSA) is 113 Å². The molecular formula is C18H18N6O. The quantitative estimate of drug-likeness (QED) is 0.761. The Labute approximate surface area is 144 Å². The highest BCUT2D eigenvalue weighted by molar-refractivity contribution is 5.94. The van der Waals surface area contributed by atoms with Crippen LogP contribution in [0.1, 0.15) is 28.9 Å². The van der Waals surface area contributed by atoms with Crippen LogP contribution in [0.3, 0.4) is 0 Å². The molecule has 7 heteroatoms. The first kappa shape index (κ1) is 15.3. The van der Waals surface area contributed by atoms with E-state index in [4.69, 9.17) is 16.6 Å². The van der Waals surface area contributed by atoms with Gasteiger partial charge in [-0.05, 0) is 37.5 Å². The van der Waals surface area contributed by atoms with Crippen molar-refractivity contribution in [1.29, 1.82) is 0 Å². The Morgan fingerprint density at radius 2 is 2.08 bits per heavy atom. The fourth-order valence-corrected chi connectivity index (χ4v) is 3.29. The summed E-state index contributed by atoms with van der Waals surface area (Å²) in [6.45, 7) is 0.873. The van der Waals surface area contributed by atoms with Crippen molar-refractivity contribution < 1.29 is 4.79 Å². The molecule has 3 heterocycles. The van der Waals surface area contributed by atoms with E-state index in [0.29, 0.717) is 5.56 Å². The Morgan fingerprint density at radius 1 is 1.20 bits per heavy atom. The van der Waals surface area contributed by atoms with Crippen molar-refractivity contribution in [3.8, 4) is 22.5 Å². The van der Waals surface area contributed by atoms with Gasteiger partial charge in [-0.3, -0.25) is 9.48 Å². The first-order chi connectivity index (χ1) is 12.1. The number of hydrogen-bond acceptors (Lipinski definition) is 5. The molecule has 0 unspecified atom stereocenters. The predicted molar refractivity (Wildman–Crippen MR) is 94.6 cm³/mol. The summed E-state index contributed by atoms with van der Waals surface area (Å²) in [6, 6.07) is 9.04. The molecule has 0 atom stereocenters. The lowest BCUT2D eigenvalue weighted by molar-refractivity contribution is 0.100. The van der Waals surface area contributed by atoms with Crippen molar-refractivity contribution in [2.75, 3.05) is 5.73 Å². The average Bonchev–Trinajstić information content (AvgIpc) is 3.01. The number of aromatic nitrogens is 4. The number of rotatable bonds is 3. The Bertz CT molecular complexity index is 962. The molecule has 4 rings (SSSR count). The summed E-state index contributed by atoms with van der Waals surface area (Å²) < 4.78 is 2.03. The molecule has 1 amide bonds. The maximum atomic E-state index is 11.5. The van der Waals surface area contributed by atoms with E-state index in [2.05, 4.69) is 9.97 Å². The fourth-order valence-electron chi connectivity index (χ4n) is 3.29. The highest BCUT2D eigenvalue weighted by Gasteiger charge is 2.24. The number of aryl methyl sites for hydroxylation is 1. The van der Waals surface area contributed by atoms with Crippen LogP contribution < -0.4 is 11.5 Å². The molecule has 0 saturated heterocycles. The van der Waals surface area contributed by atoms with E-state index in [1.165, 1.54) is 0 Å². The SMILES string of the molecule is NC(=O)c1cccc(-c2nn3c(c2-c2ccnc(N)n2)CCCC3)c1. The van der Waals surface area contributed by atoms with Crippen LogP contribution in [0.15, 0.2) is 36.5 Å². The lowest BCUT2D eigenvalue weighted by Crippen LogP contribution is -2.11. The van der Waals surface area contributed by atoms with Gasteiger partial charge in [0.2, 0.25) is 11.9 Å². The third-order valence-corrected chi connectivity index (χ3v) is 4.44. The number of amides is 1. The number of nitrogen functional groups attached to an aromatic ring is 1. The van der Waals surface area contributed by atoms with Gasteiger partial charge in [0.1, 0.15) is 5.69 Å². The molecule has 25 heavy (non-hydrogen) atoms. The normalized spacial score (nSPS) is 13.4. The second kappa shape index (κ2) is 6.01. The second-order valence-corrected chi connectivity index (χ2v) is 6.10. The smallest absolute Gasteiger partial charge is 0.248 e. The molecule has 126 valence electrons. The lowest BCUT2D eigenvalue weighted by atomic mass is 9.98. The van der Waals surface area contributed by atoms with E-state index in [0.717, 1.165) is 54.0 Å². The zero-order valence-corrected chi connectivity index (χ0v) is 13.6. The Balaban J connectivity index is 1.95. The summed E-state index contributed by atoms with van der Waals surface area (Å²) in [7, 11) is 0. The van der Waals surface area contributed by atoms with Crippen molar-refractivity contribution >= 4 is 11.9 Å². The van der Waals surface area contributed by atoms with Gasteiger partial charge in [0.05, 0.1) is 5.69 Å². The molecular weight excluding hydrogens is 316 g/mol. The van der Waals surface area contributed by atoms with E-state index >= 15 is 0 Å². The lowest BCUT2D eigenvalue weighted by Gasteiger charge is -2.14. The monoisotopic (exact) mass is 334 g/mol. The van der Waals surface area contributed by atoms with Gasteiger partial charge in [0, 0.05) is 35.1 Å². The van der Waals surface area contributed by atoms with Gasteiger partial charge >= 0.3 is 0 Å². The summed E-state index contributed by atoms with van der Waals surface area (Å²) in [5.41, 5.74) is 16.1. The molecule has 1 aliphatic rings. The van der Waals surface area contributed by atoms with Crippen LogP contribution in [-0.2, 0) is 13.0 Å². The molecule has 3 aromatic rings. The van der Waals surface area contributed by atoms with Crippen molar-refractivity contribution in [1.82, 2.24) is 19.7 Å². The molecule has 2 aromatic heterocycles. The minimum Gasteiger partial charge on any atom is -0.368 e. The van der Waals surface area contributed by atoms with Crippen LogP contribution in [0, 0.1) is 0 Å². The minimum atomic E-state index is -0.460. The number of primary amides is 1. The van der Waals surface area contributed by atoms with Gasteiger partial charge in [-0.25, -0.2) is 9.97 Å². The van der Waals surface area contributed by atoms with Gasteiger partial charge in [-0.15, -0.1) is 0 Å². The van der Waals surface area contributed by atoms with Crippen LogP contribution >= 0.6 is 0 Å². The summed E-state index contributed by atoms with van der Waals surface area (Å²) >= 11 is 0. The third kappa shape index (κ3) is 2.73. The summed E-state index contributed by atoms with van der Waals surface area (Å²) in [5.74, 6) is -0.233. The molecule has 0 spiro atoms. The highest BCUT2D eigenvalue weighted by Crippen LogP contribution is 2.36. The molecule has 7 nitrogen and oxygen atoms in total. The van der Waals surface area contributed by atoms with Crippen LogP contribution in [0.25, 0.3) is 22.5 Å². The van der Waals surface area contributed by atoms with E-state index in [1.54, 1.807) is 18.3 Å². The van der Waals surface area contributed by atoms with Crippen LogP contribution in [-0.4, -0.2) is 25.7 Å². The first-order valence-electron chi connectivity index (χ1n) is 8.22.